The van der Waals surface area contributed by atoms with E-state index >= 15 is 0 Å². The Balaban J connectivity index is 1.98. The van der Waals surface area contributed by atoms with E-state index in [1.54, 1.807) is 0 Å². The molecule has 2 aliphatic rings. The van der Waals surface area contributed by atoms with Gasteiger partial charge in [-0.15, -0.1) is 0 Å². The molecule has 3 nitrogen and oxygen atoms in total. The number of rotatable bonds is 2. The maximum atomic E-state index is 12.9. The number of piperazine rings is 1. The van der Waals surface area contributed by atoms with Crippen molar-refractivity contribution in [2.75, 3.05) is 31.1 Å². The van der Waals surface area contributed by atoms with Crippen LogP contribution in [-0.4, -0.2) is 54.2 Å². The number of alkyl halides is 3. The minimum absolute atomic E-state index is 0.131. The number of hydrogen-bond acceptors (Lipinski definition) is 3. The van der Waals surface area contributed by atoms with Gasteiger partial charge in [0.25, 0.3) is 0 Å². The lowest BCUT2D eigenvalue weighted by Gasteiger charge is -2.38. The number of thioether (sulfide) groups is 1. The second kappa shape index (κ2) is 5.69. The average molecular weight is 282 g/mol. The van der Waals surface area contributed by atoms with Crippen molar-refractivity contribution in [2.24, 2.45) is 5.92 Å². The van der Waals surface area contributed by atoms with Crippen molar-refractivity contribution < 1.29 is 18.0 Å². The van der Waals surface area contributed by atoms with Crippen molar-refractivity contribution in [3.8, 4) is 0 Å². The van der Waals surface area contributed by atoms with Crippen molar-refractivity contribution in [2.45, 2.75) is 25.1 Å². The summed E-state index contributed by atoms with van der Waals surface area (Å²) in [5.41, 5.74) is 0. The number of hydrogen-bond donors (Lipinski definition) is 1. The largest absolute Gasteiger partial charge is 0.405 e. The summed E-state index contributed by atoms with van der Waals surface area (Å²) in [4.78, 5) is 12.6. The molecule has 104 valence electrons. The SMILES string of the molecule is O=C1CN(CC2CCSCC2)C(C(F)(F)F)CN1. The number of halogens is 3. The highest BCUT2D eigenvalue weighted by molar-refractivity contribution is 7.99. The van der Waals surface area contributed by atoms with Crippen molar-refractivity contribution in [3.05, 3.63) is 0 Å². The minimum Gasteiger partial charge on any atom is -0.353 e. The van der Waals surface area contributed by atoms with Crippen LogP contribution in [0.5, 0.6) is 0 Å². The van der Waals surface area contributed by atoms with E-state index < -0.39 is 12.2 Å². The maximum absolute atomic E-state index is 12.9. The zero-order chi connectivity index (χ0) is 13.2. The standard InChI is InChI=1S/C11H17F3N2OS/c12-11(13,14)9-5-15-10(17)7-16(9)6-8-1-3-18-4-2-8/h8-9H,1-7H2,(H,15,17). The zero-order valence-electron chi connectivity index (χ0n) is 10.0. The van der Waals surface area contributed by atoms with E-state index in [1.807, 2.05) is 11.8 Å². The molecule has 7 heteroatoms. The van der Waals surface area contributed by atoms with Crippen molar-refractivity contribution >= 4 is 17.7 Å². The molecule has 0 aromatic rings. The summed E-state index contributed by atoms with van der Waals surface area (Å²) in [6.45, 7) is -0.0597. The van der Waals surface area contributed by atoms with Gasteiger partial charge in [-0.2, -0.15) is 24.9 Å². The highest BCUT2D eigenvalue weighted by Gasteiger charge is 2.46. The van der Waals surface area contributed by atoms with Crippen LogP contribution in [0, 0.1) is 5.92 Å². The highest BCUT2D eigenvalue weighted by atomic mass is 32.2. The molecule has 2 fully saturated rings. The Labute approximate surface area is 108 Å². The maximum Gasteiger partial charge on any atom is 0.405 e. The Hall–Kier alpha value is -0.430. The molecule has 0 aromatic heterocycles. The molecule has 0 saturated carbocycles. The second-order valence-corrected chi connectivity index (χ2v) is 6.07. The number of nitrogens with one attached hydrogen (secondary N) is 1. The van der Waals surface area contributed by atoms with E-state index in [0.29, 0.717) is 12.5 Å². The molecule has 18 heavy (non-hydrogen) atoms. The first-order chi connectivity index (χ1) is 8.47. The van der Waals surface area contributed by atoms with Gasteiger partial charge in [0, 0.05) is 13.1 Å². The smallest absolute Gasteiger partial charge is 0.353 e. The van der Waals surface area contributed by atoms with Gasteiger partial charge in [-0.1, -0.05) is 0 Å². The molecule has 0 aliphatic carbocycles. The van der Waals surface area contributed by atoms with E-state index in [2.05, 4.69) is 5.32 Å². The first-order valence-corrected chi connectivity index (χ1v) is 7.27. The molecule has 2 aliphatic heterocycles. The van der Waals surface area contributed by atoms with Crippen LogP contribution in [0.15, 0.2) is 0 Å². The summed E-state index contributed by atoms with van der Waals surface area (Å²) in [7, 11) is 0. The Morgan fingerprint density at radius 2 is 2.00 bits per heavy atom. The lowest BCUT2D eigenvalue weighted by Crippen LogP contribution is -2.60. The van der Waals surface area contributed by atoms with E-state index in [-0.39, 0.29) is 19.0 Å². The molecular formula is C11H17F3N2OS. The number of carbonyl (C=O) groups is 1. The van der Waals surface area contributed by atoms with Crippen LogP contribution in [0.4, 0.5) is 13.2 Å². The summed E-state index contributed by atoms with van der Waals surface area (Å²) < 4.78 is 38.6. The summed E-state index contributed by atoms with van der Waals surface area (Å²) in [5.74, 6) is 2.02. The second-order valence-electron chi connectivity index (χ2n) is 4.85. The number of carbonyl (C=O) groups excluding carboxylic acids is 1. The predicted molar refractivity (Wildman–Crippen MR) is 64.5 cm³/mol. The summed E-state index contributed by atoms with van der Waals surface area (Å²) in [6.07, 6.45) is -2.36. The third-order valence-corrected chi connectivity index (χ3v) is 4.54. The van der Waals surface area contributed by atoms with Crippen LogP contribution < -0.4 is 5.32 Å². The Morgan fingerprint density at radius 3 is 2.61 bits per heavy atom. The van der Waals surface area contributed by atoms with Crippen molar-refractivity contribution in [3.63, 3.8) is 0 Å². The van der Waals surface area contributed by atoms with E-state index in [9.17, 15) is 18.0 Å². The molecule has 0 aromatic carbocycles. The molecule has 0 bridgehead atoms. The molecule has 1 N–H and O–H groups in total. The monoisotopic (exact) mass is 282 g/mol. The Kier molecular flexibility index (Phi) is 4.42. The summed E-state index contributed by atoms with van der Waals surface area (Å²) in [5, 5.41) is 2.30. The first kappa shape index (κ1) is 14.0. The Bertz CT molecular complexity index is 305. The van der Waals surface area contributed by atoms with Crippen LogP contribution in [0.1, 0.15) is 12.8 Å². The molecule has 2 saturated heterocycles. The van der Waals surface area contributed by atoms with Crippen LogP contribution in [0.2, 0.25) is 0 Å². The van der Waals surface area contributed by atoms with Gasteiger partial charge in [-0.3, -0.25) is 9.69 Å². The molecule has 2 heterocycles. The topological polar surface area (TPSA) is 32.3 Å². The molecule has 0 spiro atoms. The number of nitrogens with zero attached hydrogens (tertiary/aromatic N) is 1. The minimum atomic E-state index is -4.27. The predicted octanol–water partition coefficient (Wildman–Crippen LogP) is 1.49. The quantitative estimate of drug-likeness (QED) is 0.833. The highest BCUT2D eigenvalue weighted by Crippen LogP contribution is 2.29. The van der Waals surface area contributed by atoms with Crippen LogP contribution in [0.3, 0.4) is 0 Å². The van der Waals surface area contributed by atoms with Gasteiger partial charge in [0.2, 0.25) is 5.91 Å². The molecule has 1 amide bonds. The van der Waals surface area contributed by atoms with E-state index in [1.165, 1.54) is 4.90 Å². The van der Waals surface area contributed by atoms with Gasteiger partial charge >= 0.3 is 6.18 Å². The zero-order valence-corrected chi connectivity index (χ0v) is 10.8. The molecular weight excluding hydrogens is 265 g/mol. The van der Waals surface area contributed by atoms with Crippen LogP contribution in [0.25, 0.3) is 0 Å². The van der Waals surface area contributed by atoms with Gasteiger partial charge in [0.15, 0.2) is 0 Å². The number of amides is 1. The van der Waals surface area contributed by atoms with Gasteiger partial charge in [0.1, 0.15) is 6.04 Å². The van der Waals surface area contributed by atoms with Crippen LogP contribution >= 0.6 is 11.8 Å². The molecule has 1 atom stereocenters. The van der Waals surface area contributed by atoms with Gasteiger partial charge in [0.05, 0.1) is 6.54 Å². The molecule has 0 radical (unpaired) electrons. The lowest BCUT2D eigenvalue weighted by atomic mass is 10.0. The van der Waals surface area contributed by atoms with Gasteiger partial charge in [-0.25, -0.2) is 0 Å². The lowest BCUT2D eigenvalue weighted by molar-refractivity contribution is -0.190. The fourth-order valence-corrected chi connectivity index (χ4v) is 3.67. The van der Waals surface area contributed by atoms with E-state index in [0.717, 1.165) is 24.3 Å². The van der Waals surface area contributed by atoms with E-state index in [4.69, 9.17) is 0 Å². The van der Waals surface area contributed by atoms with Crippen molar-refractivity contribution in [1.29, 1.82) is 0 Å². The fraction of sp³-hybridized carbons (Fsp3) is 0.909. The third-order valence-electron chi connectivity index (χ3n) is 3.49. The van der Waals surface area contributed by atoms with Crippen LogP contribution in [-0.2, 0) is 4.79 Å². The first-order valence-electron chi connectivity index (χ1n) is 6.12. The normalized spacial score (nSPS) is 28.2. The van der Waals surface area contributed by atoms with Gasteiger partial charge in [-0.05, 0) is 30.3 Å². The average Bonchev–Trinajstić information content (AvgIpc) is 2.28. The van der Waals surface area contributed by atoms with Gasteiger partial charge < -0.3 is 5.32 Å². The fourth-order valence-electron chi connectivity index (χ4n) is 2.47. The van der Waals surface area contributed by atoms with Crippen molar-refractivity contribution in [1.82, 2.24) is 10.2 Å². The summed E-state index contributed by atoms with van der Waals surface area (Å²) in [6, 6.07) is -1.52. The molecule has 2 rings (SSSR count). The molecule has 1 unspecified atom stereocenters. The summed E-state index contributed by atoms with van der Waals surface area (Å²) >= 11 is 1.85. The Morgan fingerprint density at radius 1 is 1.33 bits per heavy atom. The third kappa shape index (κ3) is 3.54.